The number of nitrogens with one attached hydrogen (secondary N) is 1. The number of aryl methyl sites for hydroxylation is 1. The van der Waals surface area contributed by atoms with Crippen LogP contribution in [0.2, 0.25) is 5.15 Å². The van der Waals surface area contributed by atoms with E-state index < -0.39 is 11.7 Å². The van der Waals surface area contributed by atoms with Crippen molar-refractivity contribution in [1.82, 2.24) is 40.0 Å². The van der Waals surface area contributed by atoms with Gasteiger partial charge in [0.2, 0.25) is 0 Å². The first-order valence-electron chi connectivity index (χ1n) is 12.1. The first-order valence-corrected chi connectivity index (χ1v) is 12.4. The number of carbonyl (C=O) groups is 1. The van der Waals surface area contributed by atoms with Crippen molar-refractivity contribution >= 4 is 34.4 Å². The van der Waals surface area contributed by atoms with E-state index >= 15 is 0 Å². The van der Waals surface area contributed by atoms with Gasteiger partial charge in [0.1, 0.15) is 11.3 Å². The summed E-state index contributed by atoms with van der Waals surface area (Å²) in [6, 6.07) is 1.81. The van der Waals surface area contributed by atoms with Crippen molar-refractivity contribution in [1.29, 1.82) is 0 Å². The SMILES string of the molecule is Cc1cncc(-c2cc3c(cn2)cnn3-c2cnc(Cl)c(N3CCCC(NC(=O)OC(C)(C)C)C3)n2)n1. The van der Waals surface area contributed by atoms with Crippen LogP contribution in [0, 0.1) is 6.92 Å². The average molecular weight is 522 g/mol. The molecule has 1 aliphatic heterocycles. The van der Waals surface area contributed by atoms with Gasteiger partial charge in [-0.25, -0.2) is 24.4 Å². The number of anilines is 1. The molecule has 4 aromatic rings. The number of carbonyl (C=O) groups excluding carboxylic acids is 1. The molecule has 12 heteroatoms. The molecule has 0 aliphatic carbocycles. The van der Waals surface area contributed by atoms with Gasteiger partial charge in [-0.2, -0.15) is 5.10 Å². The summed E-state index contributed by atoms with van der Waals surface area (Å²) in [6.07, 6.45) is 9.71. The Kier molecular flexibility index (Phi) is 6.63. The molecule has 4 aromatic heterocycles. The van der Waals surface area contributed by atoms with Crippen LogP contribution < -0.4 is 10.2 Å². The first-order chi connectivity index (χ1) is 17.7. The fourth-order valence-electron chi connectivity index (χ4n) is 4.25. The van der Waals surface area contributed by atoms with E-state index in [0.717, 1.165) is 36.0 Å². The van der Waals surface area contributed by atoms with Crippen molar-refractivity contribution in [3.05, 3.63) is 47.9 Å². The minimum absolute atomic E-state index is 0.0975. The van der Waals surface area contributed by atoms with Gasteiger partial charge in [0.25, 0.3) is 0 Å². The summed E-state index contributed by atoms with van der Waals surface area (Å²) in [5.74, 6) is 1.06. The minimum atomic E-state index is -0.560. The standard InChI is InChI=1S/C25H28ClN9O2/c1-15-9-27-12-19(31-15)18-8-20-16(10-28-18)11-30-35(20)21-13-29-22(26)23(33-21)34-7-5-6-17(14-34)32-24(36)37-25(2,3)4/h8-13,17H,5-7,14H2,1-4H3,(H,32,36). The van der Waals surface area contributed by atoms with E-state index in [1.165, 1.54) is 0 Å². The lowest BCUT2D eigenvalue weighted by Crippen LogP contribution is -2.49. The third kappa shape index (κ3) is 5.61. The molecule has 1 fully saturated rings. The zero-order valence-corrected chi connectivity index (χ0v) is 21.9. The molecule has 0 radical (unpaired) electrons. The second-order valence-electron chi connectivity index (χ2n) is 10.0. The lowest BCUT2D eigenvalue weighted by atomic mass is 10.1. The predicted molar refractivity (Wildman–Crippen MR) is 140 cm³/mol. The second-order valence-corrected chi connectivity index (χ2v) is 10.4. The molecule has 1 saturated heterocycles. The number of alkyl carbamates (subject to hydrolysis) is 1. The highest BCUT2D eigenvalue weighted by atomic mass is 35.5. The van der Waals surface area contributed by atoms with Crippen molar-refractivity contribution in [2.24, 2.45) is 0 Å². The minimum Gasteiger partial charge on any atom is -0.444 e. The smallest absolute Gasteiger partial charge is 0.407 e. The zero-order chi connectivity index (χ0) is 26.2. The van der Waals surface area contributed by atoms with E-state index in [1.54, 1.807) is 35.7 Å². The van der Waals surface area contributed by atoms with Crippen LogP contribution in [0.15, 0.2) is 37.1 Å². The monoisotopic (exact) mass is 521 g/mol. The highest BCUT2D eigenvalue weighted by molar-refractivity contribution is 6.31. The quantitative estimate of drug-likeness (QED) is 0.422. The topological polar surface area (TPSA) is 124 Å². The van der Waals surface area contributed by atoms with E-state index in [0.29, 0.717) is 29.6 Å². The van der Waals surface area contributed by atoms with Crippen LogP contribution in [-0.2, 0) is 4.74 Å². The van der Waals surface area contributed by atoms with Crippen molar-refractivity contribution in [3.8, 4) is 17.2 Å². The van der Waals surface area contributed by atoms with Crippen LogP contribution in [0.4, 0.5) is 10.6 Å². The Morgan fingerprint density at radius 3 is 2.73 bits per heavy atom. The van der Waals surface area contributed by atoms with E-state index in [4.69, 9.17) is 21.3 Å². The van der Waals surface area contributed by atoms with E-state index in [2.05, 4.69) is 30.4 Å². The summed E-state index contributed by atoms with van der Waals surface area (Å²) in [7, 11) is 0. The van der Waals surface area contributed by atoms with Gasteiger partial charge >= 0.3 is 6.09 Å². The van der Waals surface area contributed by atoms with Gasteiger partial charge < -0.3 is 15.0 Å². The summed E-state index contributed by atoms with van der Waals surface area (Å²) in [6.45, 7) is 8.69. The molecule has 1 aliphatic rings. The van der Waals surface area contributed by atoms with Crippen LogP contribution in [0.5, 0.6) is 0 Å². The van der Waals surface area contributed by atoms with Crippen molar-refractivity contribution < 1.29 is 9.53 Å². The number of aromatic nitrogens is 7. The molecule has 5 heterocycles. The molecular weight excluding hydrogens is 494 g/mol. The number of piperidine rings is 1. The Labute approximate surface area is 219 Å². The highest BCUT2D eigenvalue weighted by Gasteiger charge is 2.27. The molecule has 0 spiro atoms. The lowest BCUT2D eigenvalue weighted by molar-refractivity contribution is 0.0500. The molecule has 1 unspecified atom stereocenters. The molecule has 1 amide bonds. The van der Waals surface area contributed by atoms with Crippen molar-refractivity contribution in [3.63, 3.8) is 0 Å². The number of ether oxygens (including phenoxy) is 1. The largest absolute Gasteiger partial charge is 0.444 e. The molecule has 0 bridgehead atoms. The normalized spacial score (nSPS) is 16.1. The highest BCUT2D eigenvalue weighted by Crippen LogP contribution is 2.28. The number of nitrogens with zero attached hydrogens (tertiary/aromatic N) is 8. The van der Waals surface area contributed by atoms with Crippen molar-refractivity contribution in [2.45, 2.75) is 52.2 Å². The van der Waals surface area contributed by atoms with Crippen molar-refractivity contribution in [2.75, 3.05) is 18.0 Å². The van der Waals surface area contributed by atoms with Gasteiger partial charge in [0.15, 0.2) is 16.8 Å². The van der Waals surface area contributed by atoms with Gasteiger partial charge in [0.05, 0.1) is 35.5 Å². The Morgan fingerprint density at radius 2 is 1.95 bits per heavy atom. The molecule has 0 aromatic carbocycles. The molecule has 11 nitrogen and oxygen atoms in total. The van der Waals surface area contributed by atoms with Gasteiger partial charge in [-0.05, 0) is 46.6 Å². The molecule has 0 saturated carbocycles. The fourth-order valence-corrected chi connectivity index (χ4v) is 4.46. The molecule has 1 N–H and O–H groups in total. The third-order valence-corrected chi connectivity index (χ3v) is 6.09. The van der Waals surface area contributed by atoms with Crippen LogP contribution in [-0.4, -0.2) is 65.5 Å². The molecule has 5 rings (SSSR count). The second kappa shape index (κ2) is 9.89. The number of fused-ring (bicyclic) bond motifs is 1. The van der Waals surface area contributed by atoms with E-state index in [-0.39, 0.29) is 11.2 Å². The van der Waals surface area contributed by atoms with E-state index in [9.17, 15) is 4.79 Å². The number of halogens is 1. The number of pyridine rings is 1. The van der Waals surface area contributed by atoms with Crippen LogP contribution in [0.3, 0.4) is 0 Å². The Balaban J connectivity index is 1.42. The first kappa shape index (κ1) is 24.8. The summed E-state index contributed by atoms with van der Waals surface area (Å²) in [5.41, 5.74) is 2.41. The predicted octanol–water partition coefficient (Wildman–Crippen LogP) is 4.12. The zero-order valence-electron chi connectivity index (χ0n) is 21.1. The maximum atomic E-state index is 12.3. The van der Waals surface area contributed by atoms with E-state index in [1.807, 2.05) is 38.7 Å². The Bertz CT molecular complexity index is 1450. The summed E-state index contributed by atoms with van der Waals surface area (Å²) in [5, 5.41) is 8.62. The van der Waals surface area contributed by atoms with Crippen LogP contribution in [0.25, 0.3) is 28.1 Å². The number of amides is 1. The Morgan fingerprint density at radius 1 is 1.11 bits per heavy atom. The maximum Gasteiger partial charge on any atom is 0.407 e. The molecule has 192 valence electrons. The number of hydrogen-bond acceptors (Lipinski definition) is 9. The van der Waals surface area contributed by atoms with Gasteiger partial charge in [-0.3, -0.25) is 9.97 Å². The van der Waals surface area contributed by atoms with Crippen LogP contribution in [0.1, 0.15) is 39.3 Å². The summed E-state index contributed by atoms with van der Waals surface area (Å²) >= 11 is 6.49. The lowest BCUT2D eigenvalue weighted by Gasteiger charge is -2.34. The van der Waals surface area contributed by atoms with Gasteiger partial charge in [0, 0.05) is 36.9 Å². The maximum absolute atomic E-state index is 12.3. The fraction of sp³-hybridized carbons (Fsp3) is 0.400. The van der Waals surface area contributed by atoms with Gasteiger partial charge in [-0.15, -0.1) is 0 Å². The average Bonchev–Trinajstić information content (AvgIpc) is 3.26. The van der Waals surface area contributed by atoms with Gasteiger partial charge in [-0.1, -0.05) is 11.6 Å². The molecule has 1 atom stereocenters. The molecular formula is C25H28ClN9O2. The summed E-state index contributed by atoms with van der Waals surface area (Å²) in [4.78, 5) is 36.8. The number of rotatable bonds is 4. The number of hydrogen-bond donors (Lipinski definition) is 1. The molecule has 37 heavy (non-hydrogen) atoms. The summed E-state index contributed by atoms with van der Waals surface area (Å²) < 4.78 is 7.12. The third-order valence-electron chi connectivity index (χ3n) is 5.83. The van der Waals surface area contributed by atoms with Crippen LogP contribution >= 0.6 is 11.6 Å². The Hall–Kier alpha value is -3.86.